The summed E-state index contributed by atoms with van der Waals surface area (Å²) in [5.74, 6) is 0.362. The van der Waals surface area contributed by atoms with Gasteiger partial charge in [0.25, 0.3) is 5.91 Å². The summed E-state index contributed by atoms with van der Waals surface area (Å²) in [5, 5.41) is 12.8. The van der Waals surface area contributed by atoms with Crippen molar-refractivity contribution < 1.29 is 29.0 Å². The zero-order valence-corrected chi connectivity index (χ0v) is 34.5. The van der Waals surface area contributed by atoms with Crippen molar-refractivity contribution in [3.8, 4) is 16.9 Å². The number of rotatable bonds is 10. The van der Waals surface area contributed by atoms with Crippen molar-refractivity contribution >= 4 is 50.3 Å². The Kier molecular flexibility index (Phi) is 11.0. The number of carboxylic acid groups (broad SMARTS) is 1. The van der Waals surface area contributed by atoms with E-state index in [9.17, 15) is 19.5 Å². The lowest BCUT2D eigenvalue weighted by atomic mass is 9.76. The number of aliphatic carboxylic acids is 1. The van der Waals surface area contributed by atoms with Crippen molar-refractivity contribution in [3.63, 3.8) is 0 Å². The first-order chi connectivity index (χ1) is 27.8. The largest absolute Gasteiger partial charge is 0.493 e. The van der Waals surface area contributed by atoms with Gasteiger partial charge in [-0.2, -0.15) is 0 Å². The zero-order chi connectivity index (χ0) is 40.6. The van der Waals surface area contributed by atoms with E-state index in [1.54, 1.807) is 0 Å². The number of esters is 1. The highest BCUT2D eigenvalue weighted by Crippen LogP contribution is 2.49. The molecule has 1 aliphatic carbocycles. The monoisotopic (exact) mass is 801 g/mol. The molecule has 302 valence electrons. The fourth-order valence-electron chi connectivity index (χ4n) is 8.97. The fraction of sp³-hybridized carbons (Fsp3) is 0.413. The summed E-state index contributed by atoms with van der Waals surface area (Å²) in [5.41, 5.74) is 5.69. The van der Waals surface area contributed by atoms with Gasteiger partial charge in [0.1, 0.15) is 17.2 Å². The molecule has 8 rings (SSSR count). The number of hydrogen-bond acceptors (Lipinski definition) is 10. The first kappa shape index (κ1) is 39.5. The number of hydrogen-bond donors (Lipinski definition) is 2. The van der Waals surface area contributed by atoms with Gasteiger partial charge in [0.05, 0.1) is 23.4 Å². The van der Waals surface area contributed by atoms with Crippen molar-refractivity contribution in [1.29, 1.82) is 0 Å². The van der Waals surface area contributed by atoms with Crippen molar-refractivity contribution in [2.45, 2.75) is 78.4 Å². The Bertz CT molecular complexity index is 2330. The van der Waals surface area contributed by atoms with E-state index in [1.165, 1.54) is 11.3 Å². The predicted molar refractivity (Wildman–Crippen MR) is 227 cm³/mol. The number of benzene rings is 3. The number of anilines is 2. The minimum absolute atomic E-state index is 0.118. The number of nitrogens with one attached hydrogen (secondary N) is 1. The van der Waals surface area contributed by atoms with Gasteiger partial charge >= 0.3 is 11.9 Å². The lowest BCUT2D eigenvalue weighted by Gasteiger charge is -2.39. The number of pyridine rings is 1. The van der Waals surface area contributed by atoms with Crippen molar-refractivity contribution in [1.82, 2.24) is 14.9 Å². The maximum Gasteiger partial charge on any atom is 0.358 e. The molecular weight excluding hydrogens is 751 g/mol. The summed E-state index contributed by atoms with van der Waals surface area (Å²) in [4.78, 5) is 52.7. The van der Waals surface area contributed by atoms with Crippen LogP contribution in [0.25, 0.3) is 21.3 Å². The van der Waals surface area contributed by atoms with Crippen LogP contribution in [-0.2, 0) is 22.5 Å². The van der Waals surface area contributed by atoms with Gasteiger partial charge in [0.15, 0.2) is 10.8 Å². The number of ether oxygens (including phenoxy) is 2. The molecule has 1 amide bonds. The summed E-state index contributed by atoms with van der Waals surface area (Å²) in [6.07, 6.45) is 6.13. The minimum atomic E-state index is -0.761. The van der Waals surface area contributed by atoms with Crippen LogP contribution in [0, 0.1) is 18.3 Å². The molecule has 0 bridgehead atoms. The SMILES string of the molecule is Cc1c(OC[C@H]2CCC3(CCN(CC(=O)O)CC3)C2)cccc1-c1ccc(N2CCc3cccc(C(=O)Nc4nc5ccccc5s4)c3C2)nc1C(=O)OC(C)(C)C. The summed E-state index contributed by atoms with van der Waals surface area (Å²) in [6.45, 7) is 11.1. The van der Waals surface area contributed by atoms with E-state index in [1.807, 2.05) is 99.3 Å². The van der Waals surface area contributed by atoms with Gasteiger partial charge in [0.2, 0.25) is 0 Å². The van der Waals surface area contributed by atoms with Crippen molar-refractivity contribution in [2.75, 3.05) is 43.0 Å². The van der Waals surface area contributed by atoms with Gasteiger partial charge in [-0.05, 0) is 149 Å². The van der Waals surface area contributed by atoms with Gasteiger partial charge in [-0.3, -0.25) is 19.8 Å². The molecule has 2 N–H and O–H groups in total. The first-order valence-electron chi connectivity index (χ1n) is 20.3. The van der Waals surface area contributed by atoms with Crippen LogP contribution in [0.1, 0.15) is 90.4 Å². The molecule has 0 radical (unpaired) electrons. The van der Waals surface area contributed by atoms with Crippen LogP contribution in [-0.4, -0.2) is 76.2 Å². The average molecular weight is 802 g/mol. The van der Waals surface area contributed by atoms with Crippen molar-refractivity contribution in [3.05, 3.63) is 101 Å². The summed E-state index contributed by atoms with van der Waals surface area (Å²) < 4.78 is 13.5. The lowest BCUT2D eigenvalue weighted by molar-refractivity contribution is -0.138. The van der Waals surface area contributed by atoms with E-state index in [0.29, 0.717) is 54.1 Å². The molecule has 2 fully saturated rings. The Balaban J connectivity index is 1.01. The number of para-hydroxylation sites is 1. The summed E-state index contributed by atoms with van der Waals surface area (Å²) in [6, 6.07) is 23.5. The first-order valence-corrected chi connectivity index (χ1v) is 21.1. The number of fused-ring (bicyclic) bond motifs is 2. The Labute approximate surface area is 343 Å². The third kappa shape index (κ3) is 8.59. The molecule has 1 saturated carbocycles. The zero-order valence-electron chi connectivity index (χ0n) is 33.7. The molecule has 0 unspecified atom stereocenters. The van der Waals surface area contributed by atoms with E-state index < -0.39 is 17.5 Å². The van der Waals surface area contributed by atoms with E-state index in [0.717, 1.165) is 83.4 Å². The summed E-state index contributed by atoms with van der Waals surface area (Å²) in [7, 11) is 0. The highest BCUT2D eigenvalue weighted by atomic mass is 32.1. The smallest absolute Gasteiger partial charge is 0.358 e. The molecule has 12 heteroatoms. The third-order valence-corrected chi connectivity index (χ3v) is 12.9. The van der Waals surface area contributed by atoms with Crippen LogP contribution < -0.4 is 15.0 Å². The molecular formula is C46H51N5O6S. The van der Waals surface area contributed by atoms with E-state index in [2.05, 4.69) is 21.3 Å². The number of piperidine rings is 1. The third-order valence-electron chi connectivity index (χ3n) is 12.0. The maximum absolute atomic E-state index is 14.0. The number of amides is 1. The van der Waals surface area contributed by atoms with Crippen LogP contribution in [0.2, 0.25) is 0 Å². The molecule has 58 heavy (non-hydrogen) atoms. The Morgan fingerprint density at radius 2 is 1.72 bits per heavy atom. The van der Waals surface area contributed by atoms with Crippen molar-refractivity contribution in [2.24, 2.45) is 11.3 Å². The second-order valence-corrected chi connectivity index (χ2v) is 18.2. The number of aromatic nitrogens is 2. The predicted octanol–water partition coefficient (Wildman–Crippen LogP) is 8.78. The highest BCUT2D eigenvalue weighted by Gasteiger charge is 2.41. The molecule has 4 heterocycles. The average Bonchev–Trinajstić information content (AvgIpc) is 3.80. The number of thiazole rings is 1. The quantitative estimate of drug-likeness (QED) is 0.132. The van der Waals surface area contributed by atoms with E-state index in [4.69, 9.17) is 14.5 Å². The molecule has 11 nitrogen and oxygen atoms in total. The number of nitrogens with zero attached hydrogens (tertiary/aromatic N) is 4. The molecule has 5 aromatic rings. The second kappa shape index (κ2) is 16.1. The van der Waals surface area contributed by atoms with Gasteiger partial charge in [0, 0.05) is 24.2 Å². The normalized spacial score (nSPS) is 17.9. The molecule has 3 aliphatic rings. The highest BCUT2D eigenvalue weighted by molar-refractivity contribution is 7.22. The molecule has 1 saturated heterocycles. The van der Waals surface area contributed by atoms with Crippen LogP contribution in [0.5, 0.6) is 5.75 Å². The maximum atomic E-state index is 14.0. The Morgan fingerprint density at radius 1 is 0.931 bits per heavy atom. The molecule has 1 spiro atoms. The number of carbonyl (C=O) groups is 3. The van der Waals surface area contributed by atoms with Gasteiger partial charge < -0.3 is 19.5 Å². The lowest BCUT2D eigenvalue weighted by Crippen LogP contribution is -2.41. The van der Waals surface area contributed by atoms with Crippen LogP contribution in [0.15, 0.2) is 72.8 Å². The van der Waals surface area contributed by atoms with E-state index in [-0.39, 0.29) is 23.6 Å². The Hall–Kier alpha value is -5.33. The van der Waals surface area contributed by atoms with Crippen LogP contribution >= 0.6 is 11.3 Å². The minimum Gasteiger partial charge on any atom is -0.493 e. The standard InChI is InChI=1S/C46H51N5O6S/c1-29-32(10-8-13-37(29)56-28-30-17-19-46(25-30)20-23-50(24-21-46)27-40(52)53)33-15-16-39(48-41(33)43(55)57-45(2,3)4)51-22-18-31-9-7-11-34(35(31)26-51)42(54)49-44-47-36-12-5-6-14-38(36)58-44/h5-16,30H,17-28H2,1-4H3,(H,52,53)(H,47,49,54)/t30-/m0/s1. The molecule has 3 aromatic carbocycles. The van der Waals surface area contributed by atoms with Crippen LogP contribution in [0.4, 0.5) is 10.9 Å². The number of likely N-dealkylation sites (tertiary alicyclic amines) is 1. The second-order valence-electron chi connectivity index (χ2n) is 17.1. The fourth-order valence-corrected chi connectivity index (χ4v) is 9.83. The molecule has 2 aromatic heterocycles. The van der Waals surface area contributed by atoms with Gasteiger partial charge in [-0.1, -0.05) is 47.7 Å². The van der Waals surface area contributed by atoms with Gasteiger partial charge in [-0.15, -0.1) is 0 Å². The van der Waals surface area contributed by atoms with Gasteiger partial charge in [-0.25, -0.2) is 14.8 Å². The topological polar surface area (TPSA) is 134 Å². The number of carbonyl (C=O) groups excluding carboxylic acids is 2. The molecule has 1 atom stereocenters. The Morgan fingerprint density at radius 3 is 2.50 bits per heavy atom. The molecule has 2 aliphatic heterocycles. The number of carboxylic acids is 1. The van der Waals surface area contributed by atoms with Crippen LogP contribution in [0.3, 0.4) is 0 Å². The summed E-state index contributed by atoms with van der Waals surface area (Å²) >= 11 is 1.45. The van der Waals surface area contributed by atoms with E-state index >= 15 is 0 Å².